The monoisotopic (exact) mass is 383 g/mol. The number of hydrogen-bond acceptors (Lipinski definition) is 5. The van der Waals surface area contributed by atoms with E-state index in [2.05, 4.69) is 22.3 Å². The molecule has 4 rings (SSSR count). The molecule has 7 nitrogen and oxygen atoms in total. The molecule has 2 aromatic rings. The molecule has 0 unspecified atom stereocenters. The van der Waals surface area contributed by atoms with Crippen molar-refractivity contribution in [3.8, 4) is 0 Å². The van der Waals surface area contributed by atoms with Gasteiger partial charge in [-0.3, -0.25) is 14.5 Å². The Morgan fingerprint density at radius 2 is 2.04 bits per heavy atom. The third-order valence-corrected chi connectivity index (χ3v) is 5.46. The van der Waals surface area contributed by atoms with E-state index in [0.717, 1.165) is 13.1 Å². The zero-order valence-corrected chi connectivity index (χ0v) is 15.9. The molecular weight excluding hydrogens is 358 g/mol. The molecular formula is C21H25N3O4. The Bertz CT molecular complexity index is 808. The first kappa shape index (κ1) is 18.7. The quantitative estimate of drug-likeness (QED) is 0.847. The van der Waals surface area contributed by atoms with Crippen LogP contribution in [0.2, 0.25) is 0 Å². The van der Waals surface area contributed by atoms with Crippen molar-refractivity contribution in [2.24, 2.45) is 0 Å². The number of furan rings is 1. The van der Waals surface area contributed by atoms with Crippen molar-refractivity contribution in [2.45, 2.75) is 31.7 Å². The summed E-state index contributed by atoms with van der Waals surface area (Å²) in [5.74, 6) is -0.400. The highest BCUT2D eigenvalue weighted by Gasteiger charge is 2.42. The van der Waals surface area contributed by atoms with E-state index in [0.29, 0.717) is 25.3 Å². The highest BCUT2D eigenvalue weighted by atomic mass is 16.5. The van der Waals surface area contributed by atoms with Crippen LogP contribution in [0.25, 0.3) is 0 Å². The lowest BCUT2D eigenvalue weighted by atomic mass is 10.1. The van der Waals surface area contributed by atoms with Gasteiger partial charge in [0.25, 0.3) is 5.91 Å². The molecule has 2 aliphatic rings. The van der Waals surface area contributed by atoms with E-state index in [1.807, 2.05) is 18.2 Å². The van der Waals surface area contributed by atoms with E-state index in [1.54, 1.807) is 17.9 Å². The van der Waals surface area contributed by atoms with Gasteiger partial charge in [-0.2, -0.15) is 0 Å². The highest BCUT2D eigenvalue weighted by Crippen LogP contribution is 2.25. The van der Waals surface area contributed by atoms with E-state index in [-0.39, 0.29) is 24.0 Å². The first-order chi connectivity index (χ1) is 13.6. The summed E-state index contributed by atoms with van der Waals surface area (Å²) < 4.78 is 10.9. The first-order valence-corrected chi connectivity index (χ1v) is 9.63. The van der Waals surface area contributed by atoms with Crippen molar-refractivity contribution >= 4 is 11.8 Å². The second kappa shape index (κ2) is 8.16. The zero-order chi connectivity index (χ0) is 19.5. The number of carbonyl (C=O) groups excluding carboxylic acids is 2. The van der Waals surface area contributed by atoms with E-state index in [1.165, 1.54) is 18.1 Å². The van der Waals surface area contributed by atoms with Gasteiger partial charge in [0.2, 0.25) is 5.91 Å². The van der Waals surface area contributed by atoms with E-state index in [4.69, 9.17) is 9.15 Å². The zero-order valence-electron chi connectivity index (χ0n) is 15.9. The minimum atomic E-state index is -0.606. The molecule has 3 heterocycles. The fraction of sp³-hybridized carbons (Fsp3) is 0.429. The molecule has 0 radical (unpaired) electrons. The first-order valence-electron chi connectivity index (χ1n) is 9.63. The van der Waals surface area contributed by atoms with Crippen molar-refractivity contribution in [2.75, 3.05) is 26.2 Å². The molecule has 0 saturated carbocycles. The lowest BCUT2D eigenvalue weighted by Crippen LogP contribution is -2.50. The number of fused-ring (bicyclic) bond motifs is 1. The number of ether oxygens (including phenoxy) is 1. The summed E-state index contributed by atoms with van der Waals surface area (Å²) in [5, 5.41) is 2.75. The van der Waals surface area contributed by atoms with Crippen LogP contribution in [0, 0.1) is 0 Å². The Morgan fingerprint density at radius 3 is 2.79 bits per heavy atom. The van der Waals surface area contributed by atoms with Gasteiger partial charge < -0.3 is 19.4 Å². The summed E-state index contributed by atoms with van der Waals surface area (Å²) in [6.45, 7) is 5.25. The van der Waals surface area contributed by atoms with Crippen molar-refractivity contribution in [3.63, 3.8) is 0 Å². The van der Waals surface area contributed by atoms with E-state index in [9.17, 15) is 9.59 Å². The largest absolute Gasteiger partial charge is 0.472 e. The topological polar surface area (TPSA) is 75.0 Å². The molecule has 1 aromatic carbocycles. The molecule has 3 atom stereocenters. The average molecular weight is 383 g/mol. The van der Waals surface area contributed by atoms with E-state index >= 15 is 0 Å². The Hall–Kier alpha value is -2.64. The molecule has 148 valence electrons. The number of morpholine rings is 1. The maximum absolute atomic E-state index is 12.9. The Balaban J connectivity index is 1.37. The molecule has 2 aliphatic heterocycles. The maximum atomic E-state index is 12.9. The van der Waals surface area contributed by atoms with Crippen LogP contribution in [0.15, 0.2) is 53.3 Å². The number of carbonyl (C=O) groups is 2. The van der Waals surface area contributed by atoms with Gasteiger partial charge in [-0.25, -0.2) is 0 Å². The van der Waals surface area contributed by atoms with Gasteiger partial charge in [0.1, 0.15) is 12.3 Å². The summed E-state index contributed by atoms with van der Waals surface area (Å²) >= 11 is 0. The van der Waals surface area contributed by atoms with Gasteiger partial charge in [-0.05, 0) is 18.6 Å². The second-order valence-corrected chi connectivity index (χ2v) is 7.38. The van der Waals surface area contributed by atoms with Crippen LogP contribution in [0.5, 0.6) is 0 Å². The standard InChI is InChI=1S/C21H25N3O4/c1-15(22-20(25)17-7-9-27-14-17)21(26)24-12-18-19(13-24)28-10-8-23(18)11-16-5-3-2-4-6-16/h2-7,9,14-15,18-19H,8,10-13H2,1H3,(H,22,25)/t15-,18-,19+/m0/s1. The van der Waals surface area contributed by atoms with Gasteiger partial charge in [0.05, 0.1) is 30.6 Å². The van der Waals surface area contributed by atoms with Gasteiger partial charge in [0, 0.05) is 26.2 Å². The number of amides is 2. The lowest BCUT2D eigenvalue weighted by Gasteiger charge is -2.36. The molecule has 2 fully saturated rings. The van der Waals surface area contributed by atoms with Crippen LogP contribution in [0.1, 0.15) is 22.8 Å². The molecule has 0 aliphatic carbocycles. The van der Waals surface area contributed by atoms with Crippen molar-refractivity contribution in [1.29, 1.82) is 0 Å². The molecule has 1 aromatic heterocycles. The smallest absolute Gasteiger partial charge is 0.255 e. The predicted molar refractivity (Wildman–Crippen MR) is 103 cm³/mol. The minimum absolute atomic E-state index is 0.0122. The SMILES string of the molecule is C[C@H](NC(=O)c1ccoc1)C(=O)N1C[C@H]2OCCN(Cc3ccccc3)[C@H]2C1. The molecule has 0 spiro atoms. The van der Waals surface area contributed by atoms with Crippen LogP contribution in [0.3, 0.4) is 0 Å². The normalized spacial score (nSPS) is 23.2. The number of benzene rings is 1. The average Bonchev–Trinajstić information content (AvgIpc) is 3.38. The van der Waals surface area contributed by atoms with Crippen molar-refractivity contribution in [1.82, 2.24) is 15.1 Å². The van der Waals surface area contributed by atoms with Gasteiger partial charge in [-0.15, -0.1) is 0 Å². The number of likely N-dealkylation sites (tertiary alicyclic amines) is 1. The number of nitrogens with one attached hydrogen (secondary N) is 1. The molecule has 28 heavy (non-hydrogen) atoms. The molecule has 7 heteroatoms. The van der Waals surface area contributed by atoms with Crippen LogP contribution in [0.4, 0.5) is 0 Å². The molecule has 2 saturated heterocycles. The van der Waals surface area contributed by atoms with Gasteiger partial charge in [-0.1, -0.05) is 30.3 Å². The van der Waals surface area contributed by atoms with Crippen LogP contribution in [-0.4, -0.2) is 66.0 Å². The predicted octanol–water partition coefficient (Wildman–Crippen LogP) is 1.51. The highest BCUT2D eigenvalue weighted by molar-refractivity contribution is 5.97. The van der Waals surface area contributed by atoms with Crippen molar-refractivity contribution in [3.05, 3.63) is 60.1 Å². The Kier molecular flexibility index (Phi) is 5.45. The number of rotatable bonds is 5. The molecule has 2 amide bonds. The van der Waals surface area contributed by atoms with Gasteiger partial charge >= 0.3 is 0 Å². The third kappa shape index (κ3) is 3.95. The fourth-order valence-corrected chi connectivity index (χ4v) is 3.96. The third-order valence-electron chi connectivity index (χ3n) is 5.46. The number of nitrogens with zero attached hydrogens (tertiary/aromatic N) is 2. The Labute approximate surface area is 164 Å². The second-order valence-electron chi connectivity index (χ2n) is 7.38. The minimum Gasteiger partial charge on any atom is -0.472 e. The van der Waals surface area contributed by atoms with Gasteiger partial charge in [0.15, 0.2) is 0 Å². The summed E-state index contributed by atoms with van der Waals surface area (Å²) in [6.07, 6.45) is 2.82. The maximum Gasteiger partial charge on any atom is 0.255 e. The number of hydrogen-bond donors (Lipinski definition) is 1. The Morgan fingerprint density at radius 1 is 1.21 bits per heavy atom. The summed E-state index contributed by atoms with van der Waals surface area (Å²) in [6, 6.07) is 11.5. The summed E-state index contributed by atoms with van der Waals surface area (Å²) in [7, 11) is 0. The lowest BCUT2D eigenvalue weighted by molar-refractivity contribution is -0.132. The fourth-order valence-electron chi connectivity index (χ4n) is 3.96. The van der Waals surface area contributed by atoms with Crippen LogP contribution in [-0.2, 0) is 16.1 Å². The van der Waals surface area contributed by atoms with E-state index < -0.39 is 6.04 Å². The summed E-state index contributed by atoms with van der Waals surface area (Å²) in [4.78, 5) is 29.2. The summed E-state index contributed by atoms with van der Waals surface area (Å²) in [5.41, 5.74) is 1.67. The van der Waals surface area contributed by atoms with Crippen LogP contribution < -0.4 is 5.32 Å². The molecule has 0 bridgehead atoms. The van der Waals surface area contributed by atoms with Crippen molar-refractivity contribution < 1.29 is 18.7 Å². The molecule has 1 N–H and O–H groups in total. The van der Waals surface area contributed by atoms with Crippen LogP contribution >= 0.6 is 0 Å².